The predicted molar refractivity (Wildman–Crippen MR) is 107 cm³/mol. The van der Waals surface area contributed by atoms with Gasteiger partial charge in [0, 0.05) is 8.80 Å². The predicted octanol–water partition coefficient (Wildman–Crippen LogP) is 7.23. The number of allylic oxidation sites excluding steroid dienone is 2. The Morgan fingerprint density at radius 3 is 1.00 bits per heavy atom. The molecule has 0 rings (SSSR count). The molecule has 0 aromatic carbocycles. The van der Waals surface area contributed by atoms with E-state index in [-0.39, 0.29) is 8.80 Å². The molecule has 20 heavy (non-hydrogen) atoms. The Hall–Kier alpha value is 0.174. The smallest absolute Gasteiger partial charge is 0.0502 e. The summed E-state index contributed by atoms with van der Waals surface area (Å²) in [6, 6.07) is 0. The zero-order valence-electron chi connectivity index (χ0n) is 17.2. The van der Waals surface area contributed by atoms with Gasteiger partial charge >= 0.3 is 0 Å². The molecule has 0 amide bonds. The Bertz CT molecular complexity index is 245. The first kappa shape index (κ1) is 25.1. The van der Waals surface area contributed by atoms with Crippen LogP contribution < -0.4 is 0 Å². The molecule has 0 aromatic rings. The second-order valence-electron chi connectivity index (χ2n) is 8.86. The van der Waals surface area contributed by atoms with Gasteiger partial charge in [0.15, 0.2) is 0 Å². The molecular formula is C18H44Si2. The summed E-state index contributed by atoms with van der Waals surface area (Å²) in [5.41, 5.74) is 2.85. The summed E-state index contributed by atoms with van der Waals surface area (Å²) in [5, 5.41) is 0.576. The van der Waals surface area contributed by atoms with Crippen molar-refractivity contribution in [1.29, 1.82) is 0 Å². The molecule has 0 spiro atoms. The van der Waals surface area contributed by atoms with Gasteiger partial charge in [-0.05, 0) is 38.7 Å². The van der Waals surface area contributed by atoms with E-state index >= 15 is 0 Å². The molecule has 0 N–H and O–H groups in total. The van der Waals surface area contributed by atoms with Gasteiger partial charge in [0.1, 0.15) is 0 Å². The highest BCUT2D eigenvalue weighted by Crippen LogP contribution is 2.43. The third-order valence-corrected chi connectivity index (χ3v) is 8.82. The van der Waals surface area contributed by atoms with Crippen molar-refractivity contribution in [2.45, 2.75) is 99.7 Å². The van der Waals surface area contributed by atoms with Gasteiger partial charge in [0.05, 0.1) is 8.07 Å². The third kappa shape index (κ3) is 14.6. The molecule has 0 aliphatic rings. The van der Waals surface area contributed by atoms with Crippen LogP contribution in [0.15, 0.2) is 11.1 Å². The van der Waals surface area contributed by atoms with Crippen molar-refractivity contribution in [1.82, 2.24) is 0 Å². The first-order valence-corrected chi connectivity index (χ1v) is 15.1. The van der Waals surface area contributed by atoms with E-state index in [1.165, 1.54) is 11.1 Å². The topological polar surface area (TPSA) is 0 Å². The fourth-order valence-electron chi connectivity index (χ4n) is 0.866. The van der Waals surface area contributed by atoms with Crippen LogP contribution in [0.2, 0.25) is 44.3 Å². The highest BCUT2D eigenvalue weighted by Gasteiger charge is 2.36. The van der Waals surface area contributed by atoms with E-state index in [0.717, 1.165) is 5.92 Å². The molecule has 0 saturated carbocycles. The lowest BCUT2D eigenvalue weighted by Crippen LogP contribution is -2.38. The van der Waals surface area contributed by atoms with E-state index < -0.39 is 8.07 Å². The third-order valence-electron chi connectivity index (χ3n) is 4.38. The van der Waals surface area contributed by atoms with Gasteiger partial charge in [-0.25, -0.2) is 0 Å². The number of hydrogen-bond donors (Lipinski definition) is 0. The molecule has 0 unspecified atom stereocenters. The van der Waals surface area contributed by atoms with Crippen LogP contribution in [-0.4, -0.2) is 16.9 Å². The Labute approximate surface area is 134 Å². The van der Waals surface area contributed by atoms with Crippen LogP contribution in [0.4, 0.5) is 0 Å². The minimum absolute atomic E-state index is 0.139. The van der Waals surface area contributed by atoms with Gasteiger partial charge in [-0.3, -0.25) is 0 Å². The second-order valence-corrected chi connectivity index (χ2v) is 18.1. The van der Waals surface area contributed by atoms with Crippen LogP contribution >= 0.6 is 0 Å². The van der Waals surface area contributed by atoms with Crippen molar-refractivity contribution in [3.63, 3.8) is 0 Å². The van der Waals surface area contributed by atoms with E-state index in [2.05, 4.69) is 94.7 Å². The van der Waals surface area contributed by atoms with Crippen LogP contribution in [0.25, 0.3) is 0 Å². The number of rotatable bonds is 2. The zero-order valence-corrected chi connectivity index (χ0v) is 19.3. The van der Waals surface area contributed by atoms with Gasteiger partial charge in [0.2, 0.25) is 0 Å². The molecule has 0 aromatic heterocycles. The summed E-state index contributed by atoms with van der Waals surface area (Å²) in [6.07, 6.45) is 0. The quantitative estimate of drug-likeness (QED) is 0.372. The van der Waals surface area contributed by atoms with Crippen LogP contribution in [0.1, 0.15) is 55.4 Å². The molecule has 0 aliphatic heterocycles. The lowest BCUT2D eigenvalue weighted by Gasteiger charge is -2.40. The SMILES string of the molecule is CC(C)=C(C)C.CC(C)C(C)(C)[Si](C)(C)C.C[SiH](C)C. The van der Waals surface area contributed by atoms with E-state index in [4.69, 9.17) is 0 Å². The fourth-order valence-corrected chi connectivity index (χ4v) is 2.60. The Kier molecular flexibility index (Phi) is 13.6. The van der Waals surface area contributed by atoms with E-state index in [1.54, 1.807) is 0 Å². The van der Waals surface area contributed by atoms with E-state index in [0.29, 0.717) is 5.04 Å². The molecule has 124 valence electrons. The maximum Gasteiger partial charge on any atom is 0.0502 e. The first-order valence-electron chi connectivity index (χ1n) is 8.18. The van der Waals surface area contributed by atoms with Crippen molar-refractivity contribution >= 4 is 16.9 Å². The average molecular weight is 317 g/mol. The molecular weight excluding hydrogens is 272 g/mol. The maximum atomic E-state index is 2.45. The Morgan fingerprint density at radius 1 is 0.800 bits per heavy atom. The lowest BCUT2D eigenvalue weighted by molar-refractivity contribution is 0.460. The normalized spacial score (nSPS) is 11.4. The maximum absolute atomic E-state index is 2.45. The fraction of sp³-hybridized carbons (Fsp3) is 0.889. The van der Waals surface area contributed by atoms with Crippen molar-refractivity contribution in [2.75, 3.05) is 0 Å². The zero-order chi connectivity index (χ0) is 17.3. The summed E-state index contributed by atoms with van der Waals surface area (Å²) in [6.45, 7) is 32.2. The van der Waals surface area contributed by atoms with E-state index in [9.17, 15) is 0 Å². The van der Waals surface area contributed by atoms with Crippen molar-refractivity contribution in [3.8, 4) is 0 Å². The molecule has 0 radical (unpaired) electrons. The minimum Gasteiger partial charge on any atom is -0.0778 e. The van der Waals surface area contributed by atoms with Gasteiger partial charge in [-0.15, -0.1) is 0 Å². The Balaban J connectivity index is -0.000000246. The Morgan fingerprint density at radius 2 is 1.00 bits per heavy atom. The van der Waals surface area contributed by atoms with Crippen molar-refractivity contribution < 1.29 is 0 Å². The van der Waals surface area contributed by atoms with Gasteiger partial charge in [-0.1, -0.05) is 78.1 Å². The monoisotopic (exact) mass is 316 g/mol. The molecule has 0 atom stereocenters. The van der Waals surface area contributed by atoms with Crippen LogP contribution in [0.5, 0.6) is 0 Å². The van der Waals surface area contributed by atoms with Gasteiger partial charge in [-0.2, -0.15) is 0 Å². The van der Waals surface area contributed by atoms with Gasteiger partial charge < -0.3 is 0 Å². The average Bonchev–Trinajstić information content (AvgIpc) is 2.15. The summed E-state index contributed by atoms with van der Waals surface area (Å²) in [5.74, 6) is 0.819. The van der Waals surface area contributed by atoms with Crippen LogP contribution in [0.3, 0.4) is 0 Å². The standard InChI is InChI=1S/C9H22Si.C6H12.C3H10Si/c1-8(2)9(3,4)10(5,6)7;1-5(2)6(3)4;1-4(2)3/h8H,1-7H3;1-4H3;4H,1-3H3. The highest BCUT2D eigenvalue weighted by molar-refractivity contribution is 6.79. The highest BCUT2D eigenvalue weighted by atomic mass is 28.3. The summed E-state index contributed by atoms with van der Waals surface area (Å²) in [7, 11) is -1.09. The largest absolute Gasteiger partial charge is 0.0778 e. The summed E-state index contributed by atoms with van der Waals surface area (Å²) in [4.78, 5) is 0. The molecule has 0 saturated heterocycles. The molecule has 0 bridgehead atoms. The van der Waals surface area contributed by atoms with Crippen LogP contribution in [-0.2, 0) is 0 Å². The van der Waals surface area contributed by atoms with Crippen molar-refractivity contribution in [2.24, 2.45) is 5.92 Å². The molecule has 0 aliphatic carbocycles. The minimum atomic E-state index is -0.948. The van der Waals surface area contributed by atoms with Crippen molar-refractivity contribution in [3.05, 3.63) is 11.1 Å². The van der Waals surface area contributed by atoms with Crippen LogP contribution in [0, 0.1) is 5.92 Å². The molecule has 2 heteroatoms. The van der Waals surface area contributed by atoms with Gasteiger partial charge in [0.25, 0.3) is 0 Å². The molecule has 0 heterocycles. The number of hydrogen-bond acceptors (Lipinski definition) is 0. The first-order chi connectivity index (χ1) is 8.57. The summed E-state index contributed by atoms with van der Waals surface area (Å²) >= 11 is 0. The molecule has 0 nitrogen and oxygen atoms in total. The lowest BCUT2D eigenvalue weighted by atomic mass is 9.99. The summed E-state index contributed by atoms with van der Waals surface area (Å²) < 4.78 is 0. The second kappa shape index (κ2) is 10.8. The molecule has 0 fully saturated rings. The van der Waals surface area contributed by atoms with E-state index in [1.807, 2.05) is 0 Å².